The molecule has 1 N–H and O–H groups in total. The molecule has 0 rings (SSSR count). The van der Waals surface area contributed by atoms with Crippen LogP contribution in [0.5, 0.6) is 0 Å². The lowest BCUT2D eigenvalue weighted by molar-refractivity contribution is -0.138. The van der Waals surface area contributed by atoms with Crippen LogP contribution in [0.15, 0.2) is 0 Å². The van der Waals surface area contributed by atoms with Gasteiger partial charge in [-0.25, -0.2) is 0 Å². The van der Waals surface area contributed by atoms with Gasteiger partial charge in [0.05, 0.1) is 0 Å². The number of carboxylic acid groups (broad SMARTS) is 1. The third-order valence-corrected chi connectivity index (χ3v) is 1.78. The van der Waals surface area contributed by atoms with Crippen LogP contribution in [0, 0.1) is 5.92 Å². The lowest BCUT2D eigenvalue weighted by atomic mass is 9.99. The standard InChI is InChI=1S/C9H19NO2/c1-4-5-8(6-9(11)12)7-10(2)3/h8H,4-7H2,1-3H3,(H,11,12). The number of carboxylic acids is 1. The van der Waals surface area contributed by atoms with E-state index in [0.717, 1.165) is 19.4 Å². The van der Waals surface area contributed by atoms with Crippen LogP contribution < -0.4 is 0 Å². The highest BCUT2D eigenvalue weighted by Gasteiger charge is 2.12. The quantitative estimate of drug-likeness (QED) is 0.660. The lowest BCUT2D eigenvalue weighted by Crippen LogP contribution is -2.23. The van der Waals surface area contributed by atoms with Crippen molar-refractivity contribution in [1.29, 1.82) is 0 Å². The highest BCUT2D eigenvalue weighted by molar-refractivity contribution is 5.67. The van der Waals surface area contributed by atoms with Gasteiger partial charge in [-0.1, -0.05) is 13.3 Å². The molecule has 0 radical (unpaired) electrons. The average molecular weight is 173 g/mol. The van der Waals surface area contributed by atoms with Crippen molar-refractivity contribution in [3.63, 3.8) is 0 Å². The third-order valence-electron chi connectivity index (χ3n) is 1.78. The summed E-state index contributed by atoms with van der Waals surface area (Å²) >= 11 is 0. The molecule has 0 aromatic carbocycles. The van der Waals surface area contributed by atoms with Gasteiger partial charge >= 0.3 is 5.97 Å². The Bertz CT molecular complexity index is 134. The Morgan fingerprint density at radius 2 is 2.08 bits per heavy atom. The van der Waals surface area contributed by atoms with Crippen LogP contribution in [0.25, 0.3) is 0 Å². The largest absolute Gasteiger partial charge is 0.481 e. The van der Waals surface area contributed by atoms with Crippen LogP contribution in [-0.2, 0) is 4.79 Å². The normalized spacial score (nSPS) is 13.3. The van der Waals surface area contributed by atoms with Gasteiger partial charge in [0.25, 0.3) is 0 Å². The molecular formula is C9H19NO2. The molecule has 0 aliphatic heterocycles. The van der Waals surface area contributed by atoms with Gasteiger partial charge in [-0.2, -0.15) is 0 Å². The highest BCUT2D eigenvalue weighted by Crippen LogP contribution is 2.11. The van der Waals surface area contributed by atoms with Gasteiger partial charge in [0.1, 0.15) is 0 Å². The first kappa shape index (κ1) is 11.4. The maximum atomic E-state index is 10.4. The first-order valence-corrected chi connectivity index (χ1v) is 4.42. The van der Waals surface area contributed by atoms with Crippen molar-refractivity contribution in [3.8, 4) is 0 Å². The Morgan fingerprint density at radius 3 is 2.42 bits per heavy atom. The molecule has 0 aromatic heterocycles. The van der Waals surface area contributed by atoms with E-state index in [1.54, 1.807) is 0 Å². The van der Waals surface area contributed by atoms with Crippen LogP contribution in [-0.4, -0.2) is 36.6 Å². The molecule has 0 fully saturated rings. The van der Waals surface area contributed by atoms with E-state index in [0.29, 0.717) is 12.3 Å². The first-order chi connectivity index (χ1) is 5.56. The van der Waals surface area contributed by atoms with Gasteiger partial charge in [0, 0.05) is 13.0 Å². The monoisotopic (exact) mass is 173 g/mol. The molecule has 0 heterocycles. The Labute approximate surface area is 74.4 Å². The third kappa shape index (κ3) is 6.16. The van der Waals surface area contributed by atoms with E-state index in [2.05, 4.69) is 6.92 Å². The summed E-state index contributed by atoms with van der Waals surface area (Å²) in [5.74, 6) is -0.377. The zero-order valence-corrected chi connectivity index (χ0v) is 8.21. The smallest absolute Gasteiger partial charge is 0.303 e. The number of nitrogens with zero attached hydrogens (tertiary/aromatic N) is 1. The molecule has 3 heteroatoms. The predicted molar refractivity (Wildman–Crippen MR) is 49.2 cm³/mol. The summed E-state index contributed by atoms with van der Waals surface area (Å²) in [7, 11) is 3.95. The fraction of sp³-hybridized carbons (Fsp3) is 0.889. The lowest BCUT2D eigenvalue weighted by Gasteiger charge is -2.18. The van der Waals surface area contributed by atoms with Gasteiger partial charge < -0.3 is 10.0 Å². The number of hydrogen-bond donors (Lipinski definition) is 1. The Morgan fingerprint density at radius 1 is 1.50 bits per heavy atom. The molecule has 1 unspecified atom stereocenters. The minimum atomic E-state index is -0.685. The number of hydrogen-bond acceptors (Lipinski definition) is 2. The Balaban J connectivity index is 3.77. The van der Waals surface area contributed by atoms with E-state index in [1.807, 2.05) is 19.0 Å². The van der Waals surface area contributed by atoms with E-state index in [1.165, 1.54) is 0 Å². The van der Waals surface area contributed by atoms with Gasteiger partial charge in [-0.05, 0) is 26.4 Å². The van der Waals surface area contributed by atoms with Gasteiger partial charge in [-0.15, -0.1) is 0 Å². The number of rotatable bonds is 6. The fourth-order valence-corrected chi connectivity index (χ4v) is 1.43. The average Bonchev–Trinajstić information content (AvgIpc) is 1.84. The molecule has 0 spiro atoms. The Kier molecular flexibility index (Phi) is 5.72. The van der Waals surface area contributed by atoms with Crippen molar-refractivity contribution in [1.82, 2.24) is 4.90 Å². The maximum Gasteiger partial charge on any atom is 0.303 e. The Hall–Kier alpha value is -0.570. The molecule has 3 nitrogen and oxygen atoms in total. The summed E-state index contributed by atoms with van der Waals surface area (Å²) in [6, 6.07) is 0. The molecule has 0 bridgehead atoms. The summed E-state index contributed by atoms with van der Waals surface area (Å²) in [6.45, 7) is 2.96. The summed E-state index contributed by atoms with van der Waals surface area (Å²) in [5, 5.41) is 8.60. The SMILES string of the molecule is CCCC(CC(=O)O)CN(C)C. The van der Waals surface area contributed by atoms with E-state index >= 15 is 0 Å². The molecule has 0 saturated carbocycles. The molecule has 0 aromatic rings. The fourth-order valence-electron chi connectivity index (χ4n) is 1.43. The van der Waals surface area contributed by atoms with Crippen LogP contribution in [0.1, 0.15) is 26.2 Å². The van der Waals surface area contributed by atoms with Crippen LogP contribution in [0.3, 0.4) is 0 Å². The summed E-state index contributed by atoms with van der Waals surface area (Å²) < 4.78 is 0. The molecule has 72 valence electrons. The van der Waals surface area contributed by atoms with Crippen LogP contribution >= 0.6 is 0 Å². The van der Waals surface area contributed by atoms with Crippen molar-refractivity contribution in [2.24, 2.45) is 5.92 Å². The van der Waals surface area contributed by atoms with Gasteiger partial charge in [0.15, 0.2) is 0 Å². The van der Waals surface area contributed by atoms with Gasteiger partial charge in [-0.3, -0.25) is 4.79 Å². The second-order valence-electron chi connectivity index (χ2n) is 3.51. The molecule has 0 saturated heterocycles. The second kappa shape index (κ2) is 6.00. The van der Waals surface area contributed by atoms with Crippen LogP contribution in [0.2, 0.25) is 0 Å². The van der Waals surface area contributed by atoms with Crippen molar-refractivity contribution in [3.05, 3.63) is 0 Å². The number of aliphatic carboxylic acids is 1. The van der Waals surface area contributed by atoms with Crippen LogP contribution in [0.4, 0.5) is 0 Å². The van der Waals surface area contributed by atoms with E-state index in [9.17, 15) is 4.79 Å². The van der Waals surface area contributed by atoms with E-state index < -0.39 is 5.97 Å². The zero-order chi connectivity index (χ0) is 9.56. The van der Waals surface area contributed by atoms with Crippen molar-refractivity contribution >= 4 is 5.97 Å². The molecule has 0 aliphatic carbocycles. The molecular weight excluding hydrogens is 154 g/mol. The molecule has 1 atom stereocenters. The van der Waals surface area contributed by atoms with Gasteiger partial charge in [0.2, 0.25) is 0 Å². The highest BCUT2D eigenvalue weighted by atomic mass is 16.4. The van der Waals surface area contributed by atoms with Crippen molar-refractivity contribution in [2.75, 3.05) is 20.6 Å². The summed E-state index contributed by atoms with van der Waals surface area (Å²) in [5.41, 5.74) is 0. The second-order valence-corrected chi connectivity index (χ2v) is 3.51. The summed E-state index contributed by atoms with van der Waals surface area (Å²) in [6.07, 6.45) is 2.36. The van der Waals surface area contributed by atoms with E-state index in [4.69, 9.17) is 5.11 Å². The minimum Gasteiger partial charge on any atom is -0.481 e. The number of carbonyl (C=O) groups is 1. The predicted octanol–water partition coefficient (Wildman–Crippen LogP) is 1.44. The van der Waals surface area contributed by atoms with Crippen molar-refractivity contribution < 1.29 is 9.90 Å². The zero-order valence-electron chi connectivity index (χ0n) is 8.21. The van der Waals surface area contributed by atoms with Crippen molar-refractivity contribution in [2.45, 2.75) is 26.2 Å². The molecule has 12 heavy (non-hydrogen) atoms. The maximum absolute atomic E-state index is 10.4. The topological polar surface area (TPSA) is 40.5 Å². The molecule has 0 aliphatic rings. The molecule has 0 amide bonds. The van der Waals surface area contributed by atoms with E-state index in [-0.39, 0.29) is 0 Å². The minimum absolute atomic E-state index is 0.298. The summed E-state index contributed by atoms with van der Waals surface area (Å²) in [4.78, 5) is 12.5. The first-order valence-electron chi connectivity index (χ1n) is 4.42.